The van der Waals surface area contributed by atoms with Gasteiger partial charge in [-0.25, -0.2) is 0 Å². The third-order valence-electron chi connectivity index (χ3n) is 3.75. The van der Waals surface area contributed by atoms with E-state index in [9.17, 15) is 0 Å². The summed E-state index contributed by atoms with van der Waals surface area (Å²) >= 11 is 6.26. The first-order valence-corrected chi connectivity index (χ1v) is 6.58. The standard InChI is InChI=1S/C14H13ClN4/c15-12-3-1-2-8-4-5-9(6-10(8)12)13-11(7-16)14(17)19-18-13/h1-3,9H,4-6H2,(H3,17,18,19). The third kappa shape index (κ3) is 1.96. The number of benzene rings is 1. The van der Waals surface area contributed by atoms with E-state index >= 15 is 0 Å². The zero-order valence-corrected chi connectivity index (χ0v) is 11.0. The summed E-state index contributed by atoms with van der Waals surface area (Å²) < 4.78 is 0. The molecule has 19 heavy (non-hydrogen) atoms. The van der Waals surface area contributed by atoms with Crippen molar-refractivity contribution in [2.45, 2.75) is 25.2 Å². The molecule has 1 aromatic heterocycles. The number of fused-ring (bicyclic) bond motifs is 1. The third-order valence-corrected chi connectivity index (χ3v) is 4.10. The van der Waals surface area contributed by atoms with E-state index in [2.05, 4.69) is 22.3 Å². The van der Waals surface area contributed by atoms with Crippen LogP contribution in [0.4, 0.5) is 5.82 Å². The Bertz CT molecular complexity index is 669. The van der Waals surface area contributed by atoms with Crippen molar-refractivity contribution < 1.29 is 0 Å². The van der Waals surface area contributed by atoms with E-state index in [1.165, 1.54) is 11.1 Å². The summed E-state index contributed by atoms with van der Waals surface area (Å²) in [6.07, 6.45) is 2.73. The highest BCUT2D eigenvalue weighted by atomic mass is 35.5. The number of nitrogens with one attached hydrogen (secondary N) is 1. The van der Waals surface area contributed by atoms with Crippen LogP contribution >= 0.6 is 11.6 Å². The van der Waals surface area contributed by atoms with Gasteiger partial charge in [-0.3, -0.25) is 5.10 Å². The number of hydrogen-bond acceptors (Lipinski definition) is 3. The molecule has 0 spiro atoms. The second kappa shape index (κ2) is 4.60. The number of rotatable bonds is 1. The minimum atomic E-state index is 0.204. The lowest BCUT2D eigenvalue weighted by atomic mass is 9.81. The van der Waals surface area contributed by atoms with Gasteiger partial charge in [0.25, 0.3) is 0 Å². The van der Waals surface area contributed by atoms with Crippen LogP contribution in [0, 0.1) is 11.3 Å². The second-order valence-corrected chi connectivity index (χ2v) is 5.23. The van der Waals surface area contributed by atoms with Gasteiger partial charge in [0.15, 0.2) is 0 Å². The molecule has 1 aromatic carbocycles. The maximum Gasteiger partial charge on any atom is 0.137 e. The van der Waals surface area contributed by atoms with Crippen molar-refractivity contribution in [3.63, 3.8) is 0 Å². The molecule has 0 saturated heterocycles. The van der Waals surface area contributed by atoms with Crippen LogP contribution in [-0.2, 0) is 12.8 Å². The van der Waals surface area contributed by atoms with Gasteiger partial charge in [-0.2, -0.15) is 10.4 Å². The molecular formula is C14H13ClN4. The number of H-pyrrole nitrogens is 1. The van der Waals surface area contributed by atoms with E-state index < -0.39 is 0 Å². The predicted molar refractivity (Wildman–Crippen MR) is 73.9 cm³/mol. The summed E-state index contributed by atoms with van der Waals surface area (Å²) in [6, 6.07) is 8.13. The number of nitrogens with two attached hydrogens (primary N) is 1. The average Bonchev–Trinajstić information content (AvgIpc) is 2.80. The Morgan fingerprint density at radius 1 is 1.47 bits per heavy atom. The minimum absolute atomic E-state index is 0.204. The zero-order chi connectivity index (χ0) is 13.4. The smallest absolute Gasteiger partial charge is 0.137 e. The average molecular weight is 273 g/mol. The lowest BCUT2D eigenvalue weighted by molar-refractivity contribution is 0.569. The zero-order valence-electron chi connectivity index (χ0n) is 10.3. The van der Waals surface area contributed by atoms with Crippen LogP contribution < -0.4 is 5.73 Å². The van der Waals surface area contributed by atoms with E-state index in [0.29, 0.717) is 11.4 Å². The van der Waals surface area contributed by atoms with E-state index in [0.717, 1.165) is 30.0 Å². The maximum absolute atomic E-state index is 9.15. The van der Waals surface area contributed by atoms with Gasteiger partial charge >= 0.3 is 0 Å². The summed E-state index contributed by atoms with van der Waals surface area (Å²) in [5, 5.41) is 16.8. The Balaban J connectivity index is 1.98. The number of aryl methyl sites for hydroxylation is 1. The second-order valence-electron chi connectivity index (χ2n) is 4.83. The minimum Gasteiger partial charge on any atom is -0.383 e. The van der Waals surface area contributed by atoms with Crippen molar-refractivity contribution in [2.24, 2.45) is 0 Å². The molecule has 3 rings (SSSR count). The van der Waals surface area contributed by atoms with Crippen LogP contribution in [0.15, 0.2) is 18.2 Å². The Kier molecular flexibility index (Phi) is 2.92. The van der Waals surface area contributed by atoms with Gasteiger partial charge in [-0.15, -0.1) is 0 Å². The number of nitrogens with zero attached hydrogens (tertiary/aromatic N) is 2. The quantitative estimate of drug-likeness (QED) is 0.838. The fourth-order valence-electron chi connectivity index (χ4n) is 2.76. The highest BCUT2D eigenvalue weighted by Gasteiger charge is 2.26. The Morgan fingerprint density at radius 3 is 3.11 bits per heavy atom. The number of halogens is 1. The van der Waals surface area contributed by atoms with Gasteiger partial charge in [0.2, 0.25) is 0 Å². The molecule has 1 atom stereocenters. The fourth-order valence-corrected chi connectivity index (χ4v) is 3.03. The number of nitriles is 1. The molecule has 3 N–H and O–H groups in total. The molecule has 2 aromatic rings. The molecule has 5 heteroatoms. The van der Waals surface area contributed by atoms with Crippen LogP contribution in [0.3, 0.4) is 0 Å². The first-order valence-electron chi connectivity index (χ1n) is 6.20. The number of hydrogen-bond donors (Lipinski definition) is 2. The number of aromatic nitrogens is 2. The van der Waals surface area contributed by atoms with Crippen LogP contribution in [0.25, 0.3) is 0 Å². The lowest BCUT2D eigenvalue weighted by Gasteiger charge is -2.24. The molecular weight excluding hydrogens is 260 g/mol. The molecule has 0 aliphatic heterocycles. The summed E-state index contributed by atoms with van der Waals surface area (Å²) in [5.41, 5.74) is 9.43. The highest BCUT2D eigenvalue weighted by Crippen LogP contribution is 2.36. The van der Waals surface area contributed by atoms with E-state index in [-0.39, 0.29) is 5.92 Å². The normalized spacial score (nSPS) is 17.8. The van der Waals surface area contributed by atoms with Gasteiger partial charge in [-0.1, -0.05) is 23.7 Å². The molecule has 0 radical (unpaired) electrons. The fraction of sp³-hybridized carbons (Fsp3) is 0.286. The number of nitrogen functional groups attached to an aromatic ring is 1. The summed E-state index contributed by atoms with van der Waals surface area (Å²) in [7, 11) is 0. The molecule has 0 bridgehead atoms. The van der Waals surface area contributed by atoms with Crippen LogP contribution in [-0.4, -0.2) is 10.2 Å². The van der Waals surface area contributed by atoms with Gasteiger partial charge in [0.05, 0.1) is 5.69 Å². The Labute approximate surface area is 116 Å². The van der Waals surface area contributed by atoms with Gasteiger partial charge in [0, 0.05) is 10.9 Å². The lowest BCUT2D eigenvalue weighted by Crippen LogP contribution is -2.14. The van der Waals surface area contributed by atoms with Gasteiger partial charge in [-0.05, 0) is 36.5 Å². The van der Waals surface area contributed by atoms with Crippen molar-refractivity contribution in [3.8, 4) is 6.07 Å². The van der Waals surface area contributed by atoms with Crippen molar-refractivity contribution in [1.82, 2.24) is 10.2 Å². The van der Waals surface area contributed by atoms with E-state index in [1.54, 1.807) is 0 Å². The summed E-state index contributed by atoms with van der Waals surface area (Å²) in [5.74, 6) is 0.554. The summed E-state index contributed by atoms with van der Waals surface area (Å²) in [6.45, 7) is 0. The van der Waals surface area contributed by atoms with Gasteiger partial charge in [0.1, 0.15) is 17.5 Å². The molecule has 0 saturated carbocycles. The van der Waals surface area contributed by atoms with E-state index in [4.69, 9.17) is 22.6 Å². The predicted octanol–water partition coefficient (Wildman–Crippen LogP) is 2.79. The van der Waals surface area contributed by atoms with Crippen molar-refractivity contribution in [3.05, 3.63) is 45.6 Å². The van der Waals surface area contributed by atoms with Crippen LogP contribution in [0.2, 0.25) is 5.02 Å². The molecule has 1 aliphatic rings. The first kappa shape index (κ1) is 12.1. The molecule has 4 nitrogen and oxygen atoms in total. The maximum atomic E-state index is 9.15. The Morgan fingerprint density at radius 2 is 2.32 bits per heavy atom. The topological polar surface area (TPSA) is 78.5 Å². The van der Waals surface area contributed by atoms with Crippen molar-refractivity contribution in [1.29, 1.82) is 5.26 Å². The van der Waals surface area contributed by atoms with Crippen molar-refractivity contribution >= 4 is 17.4 Å². The molecule has 1 heterocycles. The molecule has 0 amide bonds. The molecule has 0 fully saturated rings. The van der Waals surface area contributed by atoms with E-state index in [1.807, 2.05) is 12.1 Å². The monoisotopic (exact) mass is 272 g/mol. The molecule has 1 unspecified atom stereocenters. The number of aromatic amines is 1. The summed E-state index contributed by atoms with van der Waals surface area (Å²) in [4.78, 5) is 0. The largest absolute Gasteiger partial charge is 0.383 e. The molecule has 96 valence electrons. The Hall–Kier alpha value is -1.99. The van der Waals surface area contributed by atoms with Gasteiger partial charge < -0.3 is 5.73 Å². The number of anilines is 1. The first-order chi connectivity index (χ1) is 9.20. The van der Waals surface area contributed by atoms with Crippen LogP contribution in [0.5, 0.6) is 0 Å². The van der Waals surface area contributed by atoms with Crippen molar-refractivity contribution in [2.75, 3.05) is 5.73 Å². The SMILES string of the molecule is N#Cc1c(C2CCc3cccc(Cl)c3C2)n[nH]c1N. The van der Waals surface area contributed by atoms with Crippen LogP contribution in [0.1, 0.15) is 34.7 Å². The molecule has 1 aliphatic carbocycles. The highest BCUT2D eigenvalue weighted by molar-refractivity contribution is 6.31.